The molecule has 0 aliphatic carbocycles. The van der Waals surface area contributed by atoms with Crippen LogP contribution in [0.1, 0.15) is 24.2 Å². The van der Waals surface area contributed by atoms with Crippen molar-refractivity contribution in [2.24, 2.45) is 5.92 Å². The van der Waals surface area contributed by atoms with Crippen LogP contribution in [0.4, 0.5) is 10.5 Å². The molecular formula is C23H29BrN4O5. The molecule has 0 saturated carbocycles. The van der Waals surface area contributed by atoms with Crippen LogP contribution < -0.4 is 14.8 Å². The summed E-state index contributed by atoms with van der Waals surface area (Å²) in [6.07, 6.45) is 1.13. The number of aromatic nitrogens is 1. The first kappa shape index (κ1) is 24.8. The van der Waals surface area contributed by atoms with Gasteiger partial charge in [0, 0.05) is 30.2 Å². The van der Waals surface area contributed by atoms with Crippen molar-refractivity contribution in [2.45, 2.75) is 26.0 Å². The van der Waals surface area contributed by atoms with E-state index in [0.717, 1.165) is 0 Å². The number of rotatable bonds is 6. The van der Waals surface area contributed by atoms with Gasteiger partial charge in [-0.2, -0.15) is 0 Å². The third kappa shape index (κ3) is 5.75. The first-order valence-corrected chi connectivity index (χ1v) is 11.4. The molecule has 9 nitrogen and oxygen atoms in total. The van der Waals surface area contributed by atoms with Crippen molar-refractivity contribution in [1.29, 1.82) is 0 Å². The number of ether oxygens (including phenoxy) is 2. The van der Waals surface area contributed by atoms with Gasteiger partial charge in [0.2, 0.25) is 5.88 Å². The van der Waals surface area contributed by atoms with E-state index in [1.807, 2.05) is 19.1 Å². The van der Waals surface area contributed by atoms with Gasteiger partial charge in [-0.05, 0) is 41.1 Å². The highest BCUT2D eigenvalue weighted by Crippen LogP contribution is 2.29. The third-order valence-corrected chi connectivity index (χ3v) is 6.07. The standard InChI is InChI=1S/C23H29BrN4O5/c1-14-11-28(15(2)13-29)22(30)17-9-16(24)10-25-21(17)33-20(14)12-27(3)23(31)26-18-7-5-6-8-19(18)32-4/h5-10,14-15,20,29H,11-13H2,1-4H3,(H,26,31)/t14-,15-,20-/m1/s1. The Morgan fingerprint density at radius 1 is 1.45 bits per heavy atom. The zero-order chi connectivity index (χ0) is 24.1. The number of nitrogens with one attached hydrogen (secondary N) is 1. The second-order valence-corrected chi connectivity index (χ2v) is 9.06. The molecule has 1 aliphatic rings. The van der Waals surface area contributed by atoms with Gasteiger partial charge in [0.15, 0.2) is 0 Å². The summed E-state index contributed by atoms with van der Waals surface area (Å²) in [5, 5.41) is 12.6. The van der Waals surface area contributed by atoms with E-state index < -0.39 is 6.10 Å². The number of nitrogens with zero attached hydrogens (tertiary/aromatic N) is 3. The van der Waals surface area contributed by atoms with Crippen molar-refractivity contribution in [1.82, 2.24) is 14.8 Å². The number of likely N-dealkylation sites (N-methyl/N-ethyl adjacent to an activating group) is 1. The predicted molar refractivity (Wildman–Crippen MR) is 128 cm³/mol. The number of pyridine rings is 1. The van der Waals surface area contributed by atoms with Gasteiger partial charge in [-0.25, -0.2) is 9.78 Å². The fraction of sp³-hybridized carbons (Fsp3) is 0.435. The first-order valence-electron chi connectivity index (χ1n) is 10.6. The summed E-state index contributed by atoms with van der Waals surface area (Å²) in [5.41, 5.74) is 0.872. The first-order chi connectivity index (χ1) is 15.7. The number of anilines is 1. The van der Waals surface area contributed by atoms with Gasteiger partial charge >= 0.3 is 6.03 Å². The van der Waals surface area contributed by atoms with Gasteiger partial charge in [-0.15, -0.1) is 0 Å². The molecule has 0 fully saturated rings. The van der Waals surface area contributed by atoms with E-state index in [0.29, 0.717) is 28.0 Å². The molecule has 1 aromatic heterocycles. The van der Waals surface area contributed by atoms with Gasteiger partial charge in [0.25, 0.3) is 5.91 Å². The molecule has 10 heteroatoms. The number of hydrogen-bond donors (Lipinski definition) is 2. The van der Waals surface area contributed by atoms with Gasteiger partial charge in [0.05, 0.1) is 32.0 Å². The molecule has 178 valence electrons. The number of aliphatic hydroxyl groups is 1. The number of hydrogen-bond acceptors (Lipinski definition) is 6. The summed E-state index contributed by atoms with van der Waals surface area (Å²) in [4.78, 5) is 33.5. The molecular weight excluding hydrogens is 492 g/mol. The molecule has 3 amide bonds. The lowest BCUT2D eigenvalue weighted by Gasteiger charge is -2.37. The lowest BCUT2D eigenvalue weighted by Crippen LogP contribution is -2.50. The Morgan fingerprint density at radius 2 is 2.18 bits per heavy atom. The molecule has 3 atom stereocenters. The Balaban J connectivity index is 1.83. The number of amides is 3. The molecule has 1 aromatic carbocycles. The lowest BCUT2D eigenvalue weighted by atomic mass is 10.0. The normalized spacial score (nSPS) is 19.0. The quantitative estimate of drug-likeness (QED) is 0.605. The minimum Gasteiger partial charge on any atom is -0.495 e. The summed E-state index contributed by atoms with van der Waals surface area (Å²) in [5.74, 6) is 0.370. The van der Waals surface area contributed by atoms with E-state index in [4.69, 9.17) is 9.47 Å². The summed E-state index contributed by atoms with van der Waals surface area (Å²) in [6.45, 7) is 4.20. The maximum atomic E-state index is 13.2. The minimum atomic E-state index is -0.438. The molecule has 0 spiro atoms. The molecule has 1 aliphatic heterocycles. The molecule has 0 saturated heterocycles. The highest BCUT2D eigenvalue weighted by Gasteiger charge is 2.34. The maximum absolute atomic E-state index is 13.2. The van der Waals surface area contributed by atoms with Gasteiger partial charge in [-0.1, -0.05) is 19.1 Å². The van der Waals surface area contributed by atoms with Crippen LogP contribution in [0.3, 0.4) is 0 Å². The van der Waals surface area contributed by atoms with Crippen molar-refractivity contribution in [3.05, 3.63) is 46.6 Å². The van der Waals surface area contributed by atoms with E-state index >= 15 is 0 Å². The monoisotopic (exact) mass is 520 g/mol. The molecule has 0 bridgehead atoms. The fourth-order valence-corrected chi connectivity index (χ4v) is 3.94. The predicted octanol–water partition coefficient (Wildman–Crippen LogP) is 3.24. The van der Waals surface area contributed by atoms with Crippen LogP contribution in [-0.2, 0) is 0 Å². The van der Waals surface area contributed by atoms with Gasteiger partial charge in [-0.3, -0.25) is 4.79 Å². The number of methoxy groups -OCH3 is 1. The Kier molecular flexibility index (Phi) is 8.15. The van der Waals surface area contributed by atoms with Crippen molar-refractivity contribution in [3.8, 4) is 11.6 Å². The number of carbonyl (C=O) groups excluding carboxylic acids is 2. The number of halogens is 1. The van der Waals surface area contributed by atoms with Gasteiger partial charge in [0.1, 0.15) is 17.4 Å². The largest absolute Gasteiger partial charge is 0.495 e. The highest BCUT2D eigenvalue weighted by atomic mass is 79.9. The van der Waals surface area contributed by atoms with E-state index in [1.165, 1.54) is 4.90 Å². The topological polar surface area (TPSA) is 104 Å². The second kappa shape index (κ2) is 10.8. The Bertz CT molecular complexity index is 1000. The maximum Gasteiger partial charge on any atom is 0.321 e. The summed E-state index contributed by atoms with van der Waals surface area (Å²) < 4.78 is 12.1. The lowest BCUT2D eigenvalue weighted by molar-refractivity contribution is 0.0356. The van der Waals surface area contributed by atoms with Gasteiger partial charge < -0.3 is 29.7 Å². The zero-order valence-electron chi connectivity index (χ0n) is 19.1. The van der Waals surface area contributed by atoms with Crippen LogP contribution in [-0.4, -0.2) is 77.8 Å². The highest BCUT2D eigenvalue weighted by molar-refractivity contribution is 9.10. The molecule has 0 unspecified atom stereocenters. The van der Waals surface area contributed by atoms with Crippen LogP contribution in [0.5, 0.6) is 11.6 Å². The summed E-state index contributed by atoms with van der Waals surface area (Å²) >= 11 is 3.36. The molecule has 2 N–H and O–H groups in total. The number of urea groups is 1. The van der Waals surface area contributed by atoms with Crippen LogP contribution in [0, 0.1) is 5.92 Å². The summed E-state index contributed by atoms with van der Waals surface area (Å²) in [6, 6.07) is 8.13. The van der Waals surface area contributed by atoms with Crippen LogP contribution in [0.25, 0.3) is 0 Å². The van der Waals surface area contributed by atoms with Crippen LogP contribution in [0.2, 0.25) is 0 Å². The number of para-hydroxylation sites is 2. The van der Waals surface area contributed by atoms with Crippen molar-refractivity contribution >= 4 is 33.6 Å². The number of fused-ring (bicyclic) bond motifs is 1. The zero-order valence-corrected chi connectivity index (χ0v) is 20.7. The Hall–Kier alpha value is -2.85. The minimum absolute atomic E-state index is 0.136. The molecule has 0 radical (unpaired) electrons. The molecule has 2 aromatic rings. The Labute approximate surface area is 201 Å². The van der Waals surface area contributed by atoms with E-state index in [9.17, 15) is 14.7 Å². The molecule has 3 rings (SSSR count). The SMILES string of the molecule is COc1ccccc1NC(=O)N(C)C[C@H]1Oc2ncc(Br)cc2C(=O)N([C@H](C)CO)C[C@H]1C. The van der Waals surface area contributed by atoms with Crippen molar-refractivity contribution < 1.29 is 24.2 Å². The summed E-state index contributed by atoms with van der Waals surface area (Å²) in [7, 11) is 3.22. The smallest absolute Gasteiger partial charge is 0.321 e. The van der Waals surface area contributed by atoms with E-state index in [-0.39, 0.29) is 42.9 Å². The number of aliphatic hydroxyl groups excluding tert-OH is 1. The van der Waals surface area contributed by atoms with Crippen molar-refractivity contribution in [2.75, 3.05) is 39.2 Å². The van der Waals surface area contributed by atoms with E-state index in [2.05, 4.69) is 26.2 Å². The van der Waals surface area contributed by atoms with Crippen LogP contribution in [0.15, 0.2) is 41.0 Å². The average molecular weight is 521 g/mol. The number of carbonyl (C=O) groups is 2. The Morgan fingerprint density at radius 3 is 2.88 bits per heavy atom. The van der Waals surface area contributed by atoms with Crippen molar-refractivity contribution in [3.63, 3.8) is 0 Å². The third-order valence-electron chi connectivity index (χ3n) is 5.64. The molecule has 33 heavy (non-hydrogen) atoms. The second-order valence-electron chi connectivity index (χ2n) is 8.14. The van der Waals surface area contributed by atoms with Crippen LogP contribution >= 0.6 is 15.9 Å². The molecule has 2 heterocycles. The average Bonchev–Trinajstić information content (AvgIpc) is 2.81. The fourth-order valence-electron chi connectivity index (χ4n) is 3.61. The van der Waals surface area contributed by atoms with E-state index in [1.54, 1.807) is 50.4 Å². The number of benzene rings is 1.